The molecule has 4 nitrogen and oxygen atoms in total. The van der Waals surface area contributed by atoms with E-state index < -0.39 is 11.7 Å². The molecule has 2 aromatic heterocycles. The van der Waals surface area contributed by atoms with Crippen molar-refractivity contribution < 1.29 is 9.18 Å². The van der Waals surface area contributed by atoms with Gasteiger partial charge in [-0.25, -0.2) is 4.39 Å². The Morgan fingerprint density at radius 3 is 2.45 bits per heavy atom. The predicted molar refractivity (Wildman–Crippen MR) is 112 cm³/mol. The highest BCUT2D eigenvalue weighted by Gasteiger charge is 2.17. The standard InChI is InChI=1S/C24H15FN2O2/c25-18-9-5-4-8-16(18)24(29)27-13-12-17-21(27)11-10-19-23(17)22(28)14-20(26-19)15-6-2-1-3-7-15/h1-14H,(H,26,28). The number of rotatable bonds is 2. The van der Waals surface area contributed by atoms with Crippen LogP contribution in [0.3, 0.4) is 0 Å². The fraction of sp³-hybridized carbons (Fsp3) is 0. The van der Waals surface area contributed by atoms with E-state index in [0.29, 0.717) is 21.8 Å². The van der Waals surface area contributed by atoms with E-state index in [0.717, 1.165) is 11.3 Å². The van der Waals surface area contributed by atoms with Gasteiger partial charge in [-0.3, -0.25) is 14.2 Å². The first-order valence-electron chi connectivity index (χ1n) is 9.15. The molecule has 0 unspecified atom stereocenters. The molecule has 0 aliphatic rings. The molecule has 3 aromatic carbocycles. The first-order chi connectivity index (χ1) is 14.1. The van der Waals surface area contributed by atoms with Crippen LogP contribution < -0.4 is 5.43 Å². The number of fused-ring (bicyclic) bond motifs is 3. The van der Waals surface area contributed by atoms with Crippen molar-refractivity contribution in [1.82, 2.24) is 9.55 Å². The van der Waals surface area contributed by atoms with E-state index in [9.17, 15) is 14.0 Å². The van der Waals surface area contributed by atoms with Crippen molar-refractivity contribution in [1.29, 1.82) is 0 Å². The average molecular weight is 382 g/mol. The molecule has 0 fully saturated rings. The first-order valence-corrected chi connectivity index (χ1v) is 9.15. The van der Waals surface area contributed by atoms with Crippen LogP contribution in [0.25, 0.3) is 33.1 Å². The summed E-state index contributed by atoms with van der Waals surface area (Å²) in [4.78, 5) is 29.1. The molecule has 0 bridgehead atoms. The van der Waals surface area contributed by atoms with Crippen LogP contribution >= 0.6 is 0 Å². The maximum atomic E-state index is 14.1. The van der Waals surface area contributed by atoms with Crippen LogP contribution in [0, 0.1) is 5.82 Å². The molecule has 0 saturated carbocycles. The number of halogens is 1. The summed E-state index contributed by atoms with van der Waals surface area (Å²) < 4.78 is 15.4. The minimum Gasteiger partial charge on any atom is -0.354 e. The molecular formula is C24H15FN2O2. The highest BCUT2D eigenvalue weighted by molar-refractivity contribution is 6.10. The van der Waals surface area contributed by atoms with Crippen molar-refractivity contribution in [2.45, 2.75) is 0 Å². The van der Waals surface area contributed by atoms with Crippen LogP contribution in [-0.4, -0.2) is 15.5 Å². The number of nitrogens with one attached hydrogen (secondary N) is 1. The number of aromatic nitrogens is 2. The summed E-state index contributed by atoms with van der Waals surface area (Å²) in [5, 5.41) is 1.15. The number of hydrogen-bond donors (Lipinski definition) is 1. The van der Waals surface area contributed by atoms with E-state index in [2.05, 4.69) is 4.98 Å². The fourth-order valence-electron chi connectivity index (χ4n) is 3.69. The smallest absolute Gasteiger partial charge is 0.265 e. The van der Waals surface area contributed by atoms with E-state index in [1.807, 2.05) is 30.3 Å². The summed E-state index contributed by atoms with van der Waals surface area (Å²) in [7, 11) is 0. The molecule has 0 aliphatic heterocycles. The van der Waals surface area contributed by atoms with E-state index in [1.54, 1.807) is 36.5 Å². The average Bonchev–Trinajstić information content (AvgIpc) is 3.18. The largest absolute Gasteiger partial charge is 0.354 e. The quantitative estimate of drug-likeness (QED) is 0.468. The van der Waals surface area contributed by atoms with Crippen LogP contribution in [0.4, 0.5) is 4.39 Å². The second kappa shape index (κ2) is 6.56. The van der Waals surface area contributed by atoms with Gasteiger partial charge in [0.15, 0.2) is 5.43 Å². The molecule has 0 amide bonds. The maximum absolute atomic E-state index is 14.1. The van der Waals surface area contributed by atoms with Gasteiger partial charge in [-0.05, 0) is 35.9 Å². The highest BCUT2D eigenvalue weighted by atomic mass is 19.1. The van der Waals surface area contributed by atoms with Gasteiger partial charge >= 0.3 is 0 Å². The third-order valence-electron chi connectivity index (χ3n) is 5.07. The molecule has 0 atom stereocenters. The molecule has 5 aromatic rings. The van der Waals surface area contributed by atoms with Crippen molar-refractivity contribution >= 4 is 27.7 Å². The Balaban J connectivity index is 1.70. The molecule has 2 heterocycles. The third kappa shape index (κ3) is 2.75. The Bertz CT molecular complexity index is 1450. The van der Waals surface area contributed by atoms with Crippen molar-refractivity contribution in [2.75, 3.05) is 0 Å². The van der Waals surface area contributed by atoms with Crippen molar-refractivity contribution in [3.8, 4) is 11.3 Å². The number of benzene rings is 3. The fourth-order valence-corrected chi connectivity index (χ4v) is 3.69. The molecule has 5 heteroatoms. The van der Waals surface area contributed by atoms with E-state index in [1.165, 1.54) is 22.8 Å². The number of carbonyl (C=O) groups excluding carboxylic acids is 1. The molecule has 0 spiro atoms. The summed E-state index contributed by atoms with van der Waals surface area (Å²) >= 11 is 0. The number of H-pyrrole nitrogens is 1. The summed E-state index contributed by atoms with van der Waals surface area (Å²) in [5.41, 5.74) is 2.73. The van der Waals surface area contributed by atoms with Gasteiger partial charge < -0.3 is 4.98 Å². The lowest BCUT2D eigenvalue weighted by atomic mass is 10.1. The molecular weight excluding hydrogens is 367 g/mol. The Morgan fingerprint density at radius 2 is 1.66 bits per heavy atom. The second-order valence-corrected chi connectivity index (χ2v) is 6.80. The minimum atomic E-state index is -0.578. The number of pyridine rings is 1. The van der Waals surface area contributed by atoms with Gasteiger partial charge in [-0.2, -0.15) is 0 Å². The van der Waals surface area contributed by atoms with Crippen LogP contribution in [0.5, 0.6) is 0 Å². The molecule has 29 heavy (non-hydrogen) atoms. The van der Waals surface area contributed by atoms with Crippen molar-refractivity contribution in [2.24, 2.45) is 0 Å². The van der Waals surface area contributed by atoms with Crippen LogP contribution in [0.15, 0.2) is 89.9 Å². The monoisotopic (exact) mass is 382 g/mol. The Labute approximate surface area is 164 Å². The molecule has 0 aliphatic carbocycles. The number of aromatic amines is 1. The lowest BCUT2D eigenvalue weighted by Crippen LogP contribution is -2.12. The van der Waals surface area contributed by atoms with E-state index in [-0.39, 0.29) is 11.0 Å². The predicted octanol–water partition coefficient (Wildman–Crippen LogP) is 4.98. The first kappa shape index (κ1) is 17.1. The molecule has 0 radical (unpaired) electrons. The van der Waals surface area contributed by atoms with Gasteiger partial charge in [0, 0.05) is 23.3 Å². The Kier molecular flexibility index (Phi) is 3.88. The Hall–Kier alpha value is -3.99. The van der Waals surface area contributed by atoms with Crippen molar-refractivity contribution in [3.05, 3.63) is 107 Å². The third-order valence-corrected chi connectivity index (χ3v) is 5.07. The lowest BCUT2D eigenvalue weighted by molar-refractivity contribution is 0.0961. The van der Waals surface area contributed by atoms with Gasteiger partial charge in [0.25, 0.3) is 5.91 Å². The van der Waals surface area contributed by atoms with Gasteiger partial charge in [0.1, 0.15) is 5.82 Å². The maximum Gasteiger partial charge on any atom is 0.265 e. The van der Waals surface area contributed by atoms with Gasteiger partial charge in [-0.15, -0.1) is 0 Å². The zero-order valence-electron chi connectivity index (χ0n) is 15.2. The van der Waals surface area contributed by atoms with Gasteiger partial charge in [0.2, 0.25) is 0 Å². The highest BCUT2D eigenvalue weighted by Crippen LogP contribution is 2.26. The minimum absolute atomic E-state index is 0.0153. The van der Waals surface area contributed by atoms with Gasteiger partial charge in [-0.1, -0.05) is 42.5 Å². The Morgan fingerprint density at radius 1 is 0.897 bits per heavy atom. The zero-order chi connectivity index (χ0) is 20.0. The lowest BCUT2D eigenvalue weighted by Gasteiger charge is -2.08. The van der Waals surface area contributed by atoms with E-state index in [4.69, 9.17) is 0 Å². The summed E-state index contributed by atoms with van der Waals surface area (Å²) in [6.45, 7) is 0. The van der Waals surface area contributed by atoms with E-state index >= 15 is 0 Å². The molecule has 1 N–H and O–H groups in total. The summed E-state index contributed by atoms with van der Waals surface area (Å²) in [5.74, 6) is -1.06. The van der Waals surface area contributed by atoms with Crippen LogP contribution in [0.1, 0.15) is 10.4 Å². The topological polar surface area (TPSA) is 54.9 Å². The molecule has 140 valence electrons. The summed E-state index contributed by atoms with van der Waals surface area (Å²) in [6.07, 6.45) is 1.57. The van der Waals surface area contributed by atoms with Crippen LogP contribution in [0.2, 0.25) is 0 Å². The second-order valence-electron chi connectivity index (χ2n) is 6.80. The number of hydrogen-bond acceptors (Lipinski definition) is 2. The number of carbonyl (C=O) groups is 1. The number of nitrogens with zero attached hydrogens (tertiary/aromatic N) is 1. The molecule has 5 rings (SSSR count). The van der Waals surface area contributed by atoms with Crippen LogP contribution in [-0.2, 0) is 0 Å². The normalized spacial score (nSPS) is 11.2. The molecule has 0 saturated heterocycles. The zero-order valence-corrected chi connectivity index (χ0v) is 15.2. The SMILES string of the molecule is O=C(c1ccccc1F)n1ccc2c3c(=O)cc(-c4ccccc4)[nH]c3ccc21. The van der Waals surface area contributed by atoms with Gasteiger partial charge in [0.05, 0.1) is 22.0 Å². The summed E-state index contributed by atoms with van der Waals surface area (Å²) in [6, 6.07) is 22.3. The van der Waals surface area contributed by atoms with Crippen molar-refractivity contribution in [3.63, 3.8) is 0 Å².